The van der Waals surface area contributed by atoms with Crippen LogP contribution in [0.3, 0.4) is 0 Å². The summed E-state index contributed by atoms with van der Waals surface area (Å²) in [4.78, 5) is 12.3. The lowest BCUT2D eigenvalue weighted by molar-refractivity contribution is -0.123. The van der Waals surface area contributed by atoms with Crippen molar-refractivity contribution < 1.29 is 4.79 Å². The van der Waals surface area contributed by atoms with Crippen LogP contribution in [-0.2, 0) is 4.79 Å². The number of nitrogen functional groups attached to an aromatic ring is 1. The number of carbonyl (C=O) groups excluding carboxylic acids is 1. The monoisotopic (exact) mass is 264 g/mol. The summed E-state index contributed by atoms with van der Waals surface area (Å²) >= 11 is 1.76. The minimum Gasteiger partial charge on any atom is -0.399 e. The first-order valence-electron chi connectivity index (χ1n) is 6.32. The van der Waals surface area contributed by atoms with Gasteiger partial charge in [-0.1, -0.05) is 12.1 Å². The first-order valence-corrected chi connectivity index (χ1v) is 7.30. The van der Waals surface area contributed by atoms with Crippen LogP contribution in [0.25, 0.3) is 0 Å². The molecule has 0 radical (unpaired) electrons. The summed E-state index contributed by atoms with van der Waals surface area (Å²) in [5.74, 6) is 1.22. The summed E-state index contributed by atoms with van der Waals surface area (Å²) in [6, 6.07) is 7.67. The molecule has 0 aromatic heterocycles. The minimum atomic E-state index is -0.255. The molecule has 0 spiro atoms. The van der Waals surface area contributed by atoms with Crippen LogP contribution < -0.4 is 11.1 Å². The highest BCUT2D eigenvalue weighted by Crippen LogP contribution is 2.38. The smallest absolute Gasteiger partial charge is 0.236 e. The Hall–Kier alpha value is -1.16. The lowest BCUT2D eigenvalue weighted by atomic mass is 10.0. The molecule has 4 heteroatoms. The maximum Gasteiger partial charge on any atom is 0.236 e. The van der Waals surface area contributed by atoms with Crippen molar-refractivity contribution in [2.24, 2.45) is 0 Å². The molecule has 18 heavy (non-hydrogen) atoms. The lowest BCUT2D eigenvalue weighted by Crippen LogP contribution is -2.41. The molecule has 1 aliphatic rings. The number of thioether (sulfide) groups is 1. The Morgan fingerprint density at radius 2 is 2.33 bits per heavy atom. The third-order valence-electron chi connectivity index (χ3n) is 3.46. The number of anilines is 1. The Labute approximate surface area is 113 Å². The SMILES string of the molecule is CC(NC(=O)C1(C)CCCS1)c1cccc(N)c1. The number of hydrogen-bond donors (Lipinski definition) is 2. The van der Waals surface area contributed by atoms with E-state index in [4.69, 9.17) is 5.73 Å². The molecule has 2 unspecified atom stereocenters. The van der Waals surface area contributed by atoms with Gasteiger partial charge >= 0.3 is 0 Å². The van der Waals surface area contributed by atoms with Crippen LogP contribution in [0.1, 0.15) is 38.3 Å². The molecule has 1 amide bonds. The first-order chi connectivity index (χ1) is 8.51. The molecule has 2 atom stereocenters. The third kappa shape index (κ3) is 2.80. The van der Waals surface area contributed by atoms with E-state index < -0.39 is 0 Å². The molecule has 1 saturated heterocycles. The van der Waals surface area contributed by atoms with Crippen molar-refractivity contribution in [3.8, 4) is 0 Å². The van der Waals surface area contributed by atoms with Gasteiger partial charge in [-0.3, -0.25) is 4.79 Å². The van der Waals surface area contributed by atoms with Gasteiger partial charge in [-0.25, -0.2) is 0 Å². The molecule has 1 heterocycles. The van der Waals surface area contributed by atoms with E-state index in [1.165, 1.54) is 0 Å². The van der Waals surface area contributed by atoms with Gasteiger partial charge in [0.15, 0.2) is 0 Å². The van der Waals surface area contributed by atoms with Crippen LogP contribution in [0.2, 0.25) is 0 Å². The van der Waals surface area contributed by atoms with E-state index in [-0.39, 0.29) is 16.7 Å². The van der Waals surface area contributed by atoms with E-state index in [0.29, 0.717) is 0 Å². The maximum atomic E-state index is 12.3. The summed E-state index contributed by atoms with van der Waals surface area (Å²) in [6.07, 6.45) is 2.09. The fraction of sp³-hybridized carbons (Fsp3) is 0.500. The predicted octanol–water partition coefficient (Wildman–Crippen LogP) is 2.73. The Morgan fingerprint density at radius 1 is 1.56 bits per heavy atom. The van der Waals surface area contributed by atoms with Gasteiger partial charge in [0.1, 0.15) is 0 Å². The third-order valence-corrected chi connectivity index (χ3v) is 4.98. The second-order valence-electron chi connectivity index (χ2n) is 5.05. The van der Waals surface area contributed by atoms with Gasteiger partial charge in [-0.15, -0.1) is 11.8 Å². The lowest BCUT2D eigenvalue weighted by Gasteiger charge is -2.24. The second-order valence-corrected chi connectivity index (χ2v) is 6.65. The van der Waals surface area contributed by atoms with E-state index in [1.807, 2.05) is 38.1 Å². The summed E-state index contributed by atoms with van der Waals surface area (Å²) in [6.45, 7) is 4.03. The average Bonchev–Trinajstić information content (AvgIpc) is 2.77. The largest absolute Gasteiger partial charge is 0.399 e. The van der Waals surface area contributed by atoms with Gasteiger partial charge in [0, 0.05) is 5.69 Å². The Morgan fingerprint density at radius 3 is 2.94 bits per heavy atom. The number of carbonyl (C=O) groups is 1. The van der Waals surface area contributed by atoms with Gasteiger partial charge in [0.05, 0.1) is 10.8 Å². The second kappa shape index (κ2) is 5.22. The molecule has 0 saturated carbocycles. The predicted molar refractivity (Wildman–Crippen MR) is 77.5 cm³/mol. The molecule has 0 aliphatic carbocycles. The van der Waals surface area contributed by atoms with E-state index in [1.54, 1.807) is 11.8 Å². The van der Waals surface area contributed by atoms with E-state index in [9.17, 15) is 4.79 Å². The molecule has 98 valence electrons. The van der Waals surface area contributed by atoms with Crippen LogP contribution in [0, 0.1) is 0 Å². The van der Waals surface area contributed by atoms with E-state index >= 15 is 0 Å². The highest BCUT2D eigenvalue weighted by Gasteiger charge is 2.37. The van der Waals surface area contributed by atoms with Crippen LogP contribution in [0.5, 0.6) is 0 Å². The van der Waals surface area contributed by atoms with Gasteiger partial charge in [0.25, 0.3) is 0 Å². The summed E-state index contributed by atoms with van der Waals surface area (Å²) in [7, 11) is 0. The molecule has 1 fully saturated rings. The molecule has 1 aromatic carbocycles. The fourth-order valence-corrected chi connectivity index (χ4v) is 3.44. The minimum absolute atomic E-state index is 0.000903. The summed E-state index contributed by atoms with van der Waals surface area (Å²) in [5, 5.41) is 3.09. The number of nitrogens with two attached hydrogens (primary N) is 1. The fourth-order valence-electron chi connectivity index (χ4n) is 2.22. The zero-order valence-corrected chi connectivity index (χ0v) is 11.7. The molecular weight excluding hydrogens is 244 g/mol. The molecule has 3 nitrogen and oxygen atoms in total. The van der Waals surface area contributed by atoms with Gasteiger partial charge in [-0.05, 0) is 50.1 Å². The molecule has 0 bridgehead atoms. The summed E-state index contributed by atoms with van der Waals surface area (Å²) in [5.41, 5.74) is 7.54. The number of hydrogen-bond acceptors (Lipinski definition) is 3. The first kappa shape index (κ1) is 13.3. The van der Waals surface area contributed by atoms with Gasteiger partial charge in [0.2, 0.25) is 5.91 Å². The molecule has 3 N–H and O–H groups in total. The van der Waals surface area contributed by atoms with Crippen LogP contribution in [-0.4, -0.2) is 16.4 Å². The molecule has 1 aliphatic heterocycles. The molecule has 2 rings (SSSR count). The van der Waals surface area contributed by atoms with Crippen molar-refractivity contribution >= 4 is 23.4 Å². The van der Waals surface area contributed by atoms with Crippen molar-refractivity contribution in [1.29, 1.82) is 0 Å². The van der Waals surface area contributed by atoms with Crippen molar-refractivity contribution in [2.45, 2.75) is 37.5 Å². The quantitative estimate of drug-likeness (QED) is 0.825. The van der Waals surface area contributed by atoms with Crippen molar-refractivity contribution in [3.05, 3.63) is 29.8 Å². The topological polar surface area (TPSA) is 55.1 Å². The maximum absolute atomic E-state index is 12.3. The zero-order chi connectivity index (χ0) is 13.2. The standard InChI is InChI=1S/C14H20N2OS/c1-10(11-5-3-6-12(15)9-11)16-13(17)14(2)7-4-8-18-14/h3,5-6,9-10H,4,7-8,15H2,1-2H3,(H,16,17). The highest BCUT2D eigenvalue weighted by atomic mass is 32.2. The Bertz CT molecular complexity index is 441. The number of amides is 1. The number of benzene rings is 1. The molecular formula is C14H20N2OS. The van der Waals surface area contributed by atoms with Crippen LogP contribution >= 0.6 is 11.8 Å². The number of rotatable bonds is 3. The van der Waals surface area contributed by atoms with Crippen LogP contribution in [0.4, 0.5) is 5.69 Å². The Kier molecular flexibility index (Phi) is 3.85. The summed E-state index contributed by atoms with van der Waals surface area (Å²) < 4.78 is -0.255. The number of nitrogens with one attached hydrogen (secondary N) is 1. The average molecular weight is 264 g/mol. The zero-order valence-electron chi connectivity index (χ0n) is 10.9. The van der Waals surface area contributed by atoms with Crippen molar-refractivity contribution in [1.82, 2.24) is 5.32 Å². The van der Waals surface area contributed by atoms with Gasteiger partial charge < -0.3 is 11.1 Å². The van der Waals surface area contributed by atoms with Crippen molar-refractivity contribution in [3.63, 3.8) is 0 Å². The Balaban J connectivity index is 2.03. The molecule has 1 aromatic rings. The van der Waals surface area contributed by atoms with Crippen molar-refractivity contribution in [2.75, 3.05) is 11.5 Å². The van der Waals surface area contributed by atoms with E-state index in [0.717, 1.165) is 29.8 Å². The van der Waals surface area contributed by atoms with Crippen LogP contribution in [0.15, 0.2) is 24.3 Å². The van der Waals surface area contributed by atoms with E-state index in [2.05, 4.69) is 5.32 Å². The van der Waals surface area contributed by atoms with Gasteiger partial charge in [-0.2, -0.15) is 0 Å². The highest BCUT2D eigenvalue weighted by molar-refractivity contribution is 8.01. The normalized spacial score (nSPS) is 24.8.